The van der Waals surface area contributed by atoms with Gasteiger partial charge in [-0.05, 0) is 63.7 Å². The molecule has 0 heterocycles. The largest absolute Gasteiger partial charge is 0.436 e. The molecular weight excluding hydrogens is 252 g/mol. The summed E-state index contributed by atoms with van der Waals surface area (Å²) < 4.78 is 11.6. The van der Waals surface area contributed by atoms with Gasteiger partial charge in [-0.2, -0.15) is 0 Å². The minimum Gasteiger partial charge on any atom is -0.436 e. The van der Waals surface area contributed by atoms with Gasteiger partial charge in [0.15, 0.2) is 6.29 Å². The second-order valence-electron chi connectivity index (χ2n) is 7.86. The van der Waals surface area contributed by atoms with Gasteiger partial charge in [0.1, 0.15) is 0 Å². The van der Waals surface area contributed by atoms with E-state index in [0.29, 0.717) is 5.92 Å². The van der Waals surface area contributed by atoms with Crippen LogP contribution in [-0.4, -0.2) is 18.4 Å². The maximum Gasteiger partial charge on any atom is 0.313 e. The Morgan fingerprint density at radius 1 is 1.35 bits per heavy atom. The summed E-state index contributed by atoms with van der Waals surface area (Å²) in [5, 5.41) is 0. The van der Waals surface area contributed by atoms with E-state index in [9.17, 15) is 4.79 Å². The molecule has 2 aliphatic carbocycles. The molecule has 2 aliphatic rings. The minimum atomic E-state index is -0.447. The van der Waals surface area contributed by atoms with Crippen LogP contribution in [0.5, 0.6) is 0 Å². The zero-order valence-corrected chi connectivity index (χ0v) is 13.9. The number of carbonyl (C=O) groups is 1. The first kappa shape index (κ1) is 15.8. The summed E-state index contributed by atoms with van der Waals surface area (Å²) in [5.74, 6) is 1.26. The van der Waals surface area contributed by atoms with E-state index in [4.69, 9.17) is 9.47 Å². The van der Waals surface area contributed by atoms with Gasteiger partial charge < -0.3 is 9.47 Å². The summed E-state index contributed by atoms with van der Waals surface area (Å²) in [5.41, 5.74) is -0.217. The monoisotopic (exact) mass is 282 g/mol. The van der Waals surface area contributed by atoms with E-state index < -0.39 is 11.7 Å². The third-order valence-electron chi connectivity index (χ3n) is 5.73. The lowest BCUT2D eigenvalue weighted by Gasteiger charge is -2.39. The maximum atomic E-state index is 12.1. The summed E-state index contributed by atoms with van der Waals surface area (Å²) in [6.45, 7) is 12.3. The summed E-state index contributed by atoms with van der Waals surface area (Å²) in [7, 11) is 0. The summed E-state index contributed by atoms with van der Waals surface area (Å²) in [6, 6.07) is 0. The molecule has 0 saturated heterocycles. The lowest BCUT2D eigenvalue weighted by Crippen LogP contribution is -2.41. The highest BCUT2D eigenvalue weighted by Crippen LogP contribution is 2.57. The summed E-state index contributed by atoms with van der Waals surface area (Å²) in [6.07, 6.45) is 4.43. The van der Waals surface area contributed by atoms with Gasteiger partial charge in [-0.1, -0.05) is 20.8 Å². The molecule has 4 atom stereocenters. The van der Waals surface area contributed by atoms with E-state index >= 15 is 0 Å². The molecule has 116 valence electrons. The van der Waals surface area contributed by atoms with Crippen molar-refractivity contribution in [3.8, 4) is 0 Å². The molecule has 2 saturated carbocycles. The fourth-order valence-corrected chi connectivity index (χ4v) is 3.78. The number of hydrogen-bond donors (Lipinski definition) is 0. The second-order valence-corrected chi connectivity index (χ2v) is 7.86. The van der Waals surface area contributed by atoms with Crippen LogP contribution >= 0.6 is 0 Å². The van der Waals surface area contributed by atoms with Gasteiger partial charge in [0.25, 0.3) is 0 Å². The van der Waals surface area contributed by atoms with Crippen molar-refractivity contribution in [2.75, 3.05) is 0 Å². The van der Waals surface area contributed by atoms with E-state index in [1.807, 2.05) is 27.7 Å². The lowest BCUT2D eigenvalue weighted by molar-refractivity contribution is -0.210. The van der Waals surface area contributed by atoms with Gasteiger partial charge in [0, 0.05) is 0 Å². The van der Waals surface area contributed by atoms with Gasteiger partial charge in [-0.25, -0.2) is 0 Å². The predicted molar refractivity (Wildman–Crippen MR) is 79.1 cm³/mol. The van der Waals surface area contributed by atoms with Crippen LogP contribution in [0.25, 0.3) is 0 Å². The number of carbonyl (C=O) groups excluding carboxylic acids is 1. The Balaban J connectivity index is 1.92. The highest BCUT2D eigenvalue weighted by Gasteiger charge is 2.54. The van der Waals surface area contributed by atoms with Crippen molar-refractivity contribution in [2.45, 2.75) is 79.6 Å². The average Bonchev–Trinajstić information content (AvgIpc) is 2.91. The summed E-state index contributed by atoms with van der Waals surface area (Å²) >= 11 is 0. The third kappa shape index (κ3) is 2.74. The first-order valence-corrected chi connectivity index (χ1v) is 8.05. The maximum absolute atomic E-state index is 12.1. The molecule has 0 N–H and O–H groups in total. The number of hydrogen-bond acceptors (Lipinski definition) is 3. The van der Waals surface area contributed by atoms with Crippen molar-refractivity contribution in [2.24, 2.45) is 22.7 Å². The average molecular weight is 282 g/mol. The van der Waals surface area contributed by atoms with Crippen molar-refractivity contribution < 1.29 is 14.3 Å². The third-order valence-corrected chi connectivity index (χ3v) is 5.73. The van der Waals surface area contributed by atoms with Crippen molar-refractivity contribution in [3.05, 3.63) is 0 Å². The molecule has 0 aromatic rings. The topological polar surface area (TPSA) is 35.5 Å². The van der Waals surface area contributed by atoms with Crippen molar-refractivity contribution in [1.29, 1.82) is 0 Å². The van der Waals surface area contributed by atoms with Crippen LogP contribution in [0.1, 0.15) is 67.2 Å². The lowest BCUT2D eigenvalue weighted by atomic mass is 9.74. The molecular formula is C17H30O3. The van der Waals surface area contributed by atoms with Gasteiger partial charge in [-0.3, -0.25) is 4.79 Å². The molecule has 3 heteroatoms. The Kier molecular flexibility index (Phi) is 4.21. The van der Waals surface area contributed by atoms with Crippen LogP contribution in [-0.2, 0) is 14.3 Å². The fraction of sp³-hybridized carbons (Fsp3) is 0.941. The number of ether oxygens (including phenoxy) is 2. The fourth-order valence-electron chi connectivity index (χ4n) is 3.78. The molecule has 0 aromatic heterocycles. The number of esters is 1. The zero-order chi connectivity index (χ0) is 15.1. The Morgan fingerprint density at radius 2 is 2.00 bits per heavy atom. The van der Waals surface area contributed by atoms with E-state index in [2.05, 4.69) is 13.8 Å². The second kappa shape index (κ2) is 5.32. The standard InChI is InChI=1S/C17H30O3/c1-7-16(3,4)15(18)20-11(2)19-14-12-8-9-13(10-12)17(14,5)6/h11-14H,7-10H2,1-6H3. The zero-order valence-electron chi connectivity index (χ0n) is 13.9. The number of rotatable bonds is 5. The van der Waals surface area contributed by atoms with Gasteiger partial charge in [-0.15, -0.1) is 0 Å². The van der Waals surface area contributed by atoms with Crippen LogP contribution in [0.2, 0.25) is 0 Å². The Bertz CT molecular complexity index is 372. The molecule has 20 heavy (non-hydrogen) atoms. The van der Waals surface area contributed by atoms with Crippen molar-refractivity contribution in [3.63, 3.8) is 0 Å². The molecule has 4 unspecified atom stereocenters. The van der Waals surface area contributed by atoms with E-state index in [1.165, 1.54) is 19.3 Å². The van der Waals surface area contributed by atoms with Gasteiger partial charge in [0.05, 0.1) is 11.5 Å². The SMILES string of the molecule is CCC(C)(C)C(=O)OC(C)OC1C2CCC(C2)C1(C)C. The molecule has 0 spiro atoms. The molecule has 0 radical (unpaired) electrons. The Hall–Kier alpha value is -0.570. The number of fused-ring (bicyclic) bond motifs is 2. The first-order valence-electron chi connectivity index (χ1n) is 8.05. The van der Waals surface area contributed by atoms with E-state index in [0.717, 1.165) is 12.3 Å². The molecule has 2 bridgehead atoms. The van der Waals surface area contributed by atoms with Gasteiger partial charge >= 0.3 is 5.97 Å². The van der Waals surface area contributed by atoms with Crippen molar-refractivity contribution >= 4 is 5.97 Å². The quantitative estimate of drug-likeness (QED) is 0.561. The van der Waals surface area contributed by atoms with Crippen LogP contribution in [0, 0.1) is 22.7 Å². The molecule has 0 aromatic carbocycles. The molecule has 2 rings (SSSR count). The Labute approximate surface area is 123 Å². The predicted octanol–water partition coefficient (Wildman–Crippen LogP) is 4.15. The normalized spacial score (nSPS) is 33.2. The van der Waals surface area contributed by atoms with Crippen LogP contribution in [0.4, 0.5) is 0 Å². The molecule has 0 amide bonds. The van der Waals surface area contributed by atoms with Crippen LogP contribution < -0.4 is 0 Å². The van der Waals surface area contributed by atoms with E-state index in [-0.39, 0.29) is 17.5 Å². The summed E-state index contributed by atoms with van der Waals surface area (Å²) in [4.78, 5) is 12.1. The van der Waals surface area contributed by atoms with E-state index in [1.54, 1.807) is 0 Å². The Morgan fingerprint density at radius 3 is 2.50 bits per heavy atom. The van der Waals surface area contributed by atoms with Crippen LogP contribution in [0.15, 0.2) is 0 Å². The minimum absolute atomic E-state index is 0.159. The highest BCUT2D eigenvalue weighted by atomic mass is 16.7. The smallest absolute Gasteiger partial charge is 0.313 e. The van der Waals surface area contributed by atoms with Crippen molar-refractivity contribution in [1.82, 2.24) is 0 Å². The molecule has 0 aliphatic heterocycles. The molecule has 3 nitrogen and oxygen atoms in total. The van der Waals surface area contributed by atoms with Gasteiger partial charge in [0.2, 0.25) is 0 Å². The molecule has 2 fully saturated rings. The van der Waals surface area contributed by atoms with Crippen LogP contribution in [0.3, 0.4) is 0 Å². The first-order chi connectivity index (χ1) is 9.18. The highest BCUT2D eigenvalue weighted by molar-refractivity contribution is 5.75.